The van der Waals surface area contributed by atoms with Gasteiger partial charge >= 0.3 is 0 Å². The number of rotatable bonds is 5. The molecule has 0 radical (unpaired) electrons. The fourth-order valence-corrected chi connectivity index (χ4v) is 14.6. The Balaban J connectivity index is 0.952. The minimum absolute atomic E-state index is 0.237. The average molecular weight is 968 g/mol. The van der Waals surface area contributed by atoms with Gasteiger partial charge in [0.25, 0.3) is 0 Å². The van der Waals surface area contributed by atoms with Crippen LogP contribution in [0.4, 0.5) is 17.1 Å². The molecule has 12 aromatic rings. The first-order valence-electron chi connectivity index (χ1n) is 26.7. The van der Waals surface area contributed by atoms with Crippen LogP contribution in [-0.2, 0) is 16.2 Å². The van der Waals surface area contributed by atoms with Crippen LogP contribution in [0.2, 0.25) is 0 Å². The fourth-order valence-electron chi connectivity index (χ4n) is 14.6. The zero-order valence-corrected chi connectivity index (χ0v) is 44.1. The molecule has 0 aliphatic heterocycles. The second-order valence-electron chi connectivity index (χ2n) is 23.4. The predicted molar refractivity (Wildman–Crippen MR) is 313 cm³/mol. The summed E-state index contributed by atoms with van der Waals surface area (Å²) in [6, 6.07) is 67.7. The van der Waals surface area contributed by atoms with Crippen molar-refractivity contribution in [1.29, 1.82) is 0 Å². The summed E-state index contributed by atoms with van der Waals surface area (Å²) in [4.78, 5) is 2.49. The highest BCUT2D eigenvalue weighted by Crippen LogP contribution is 2.64. The third-order valence-corrected chi connectivity index (χ3v) is 17.9. The van der Waals surface area contributed by atoms with E-state index in [0.717, 1.165) is 50.3 Å². The summed E-state index contributed by atoms with van der Waals surface area (Å²) in [6.45, 7) is 21.3. The van der Waals surface area contributed by atoms with E-state index >= 15 is 0 Å². The Morgan fingerprint density at radius 3 is 1.51 bits per heavy atom. The van der Waals surface area contributed by atoms with Crippen molar-refractivity contribution in [3.8, 4) is 55.6 Å². The summed E-state index contributed by atoms with van der Waals surface area (Å²) < 4.78 is 14.0. The van der Waals surface area contributed by atoms with E-state index in [0.29, 0.717) is 0 Å². The second-order valence-corrected chi connectivity index (χ2v) is 23.4. The Labute approximate surface area is 438 Å². The van der Waals surface area contributed by atoms with Crippen LogP contribution < -0.4 is 4.90 Å². The van der Waals surface area contributed by atoms with E-state index in [-0.39, 0.29) is 16.2 Å². The number of nitrogens with zero attached hydrogens (tertiary/aromatic N) is 1. The van der Waals surface area contributed by atoms with Gasteiger partial charge in [0, 0.05) is 66.0 Å². The van der Waals surface area contributed by atoms with Crippen molar-refractivity contribution < 1.29 is 8.83 Å². The van der Waals surface area contributed by atoms with Crippen LogP contribution in [0, 0.1) is 20.8 Å². The summed E-state index contributed by atoms with van der Waals surface area (Å²) >= 11 is 0. The summed E-state index contributed by atoms with van der Waals surface area (Å²) in [5, 5.41) is 4.74. The molecule has 0 amide bonds. The number of anilines is 3. The number of aryl methyl sites for hydroxylation is 3. The van der Waals surface area contributed by atoms with Gasteiger partial charge in [0.15, 0.2) is 0 Å². The molecule has 0 saturated carbocycles. The average Bonchev–Trinajstić information content (AvgIpc) is 4.37. The molecule has 3 aliphatic carbocycles. The smallest absolute Gasteiger partial charge is 0.144 e. The van der Waals surface area contributed by atoms with Crippen LogP contribution in [0.3, 0.4) is 0 Å². The lowest BCUT2D eigenvalue weighted by Gasteiger charge is -2.32. The molecule has 362 valence electrons. The molecular formula is C72H57NO2. The lowest BCUT2D eigenvalue weighted by atomic mass is 9.72. The molecule has 0 atom stereocenters. The molecule has 3 nitrogen and oxygen atoms in total. The van der Waals surface area contributed by atoms with Gasteiger partial charge in [-0.3, -0.25) is 0 Å². The molecule has 3 heteroatoms. The summed E-state index contributed by atoms with van der Waals surface area (Å²) in [5.41, 5.74) is 30.6. The molecule has 0 fully saturated rings. The Morgan fingerprint density at radius 2 is 0.840 bits per heavy atom. The van der Waals surface area contributed by atoms with Crippen molar-refractivity contribution in [1.82, 2.24) is 0 Å². The third kappa shape index (κ3) is 5.87. The standard InChI is InChI=1S/C72H57NO2/c1-40-35-41(2)60(42(3)36-40)53-39-57-61(63-51-22-14-17-25-58(51)74-68(53)63)49-33-31-46(37-55(49)70(57,4)5)73(45-29-27-44(28-30-45)43-19-11-10-12-20-43)47-32-34-50-56(38-47)72(8,9)66-62(50)64-52-23-15-18-26-59(52)75-69(64)65-48-21-13-16-24-54(48)71(6,7)67(65)66/h10-39H,1-9H3. The van der Waals surface area contributed by atoms with Crippen molar-refractivity contribution in [3.63, 3.8) is 0 Å². The van der Waals surface area contributed by atoms with Crippen LogP contribution in [0.5, 0.6) is 0 Å². The van der Waals surface area contributed by atoms with Crippen LogP contribution in [0.1, 0.15) is 91.6 Å². The predicted octanol–water partition coefficient (Wildman–Crippen LogP) is 20.1. The number of benzene rings is 10. The molecule has 10 aromatic carbocycles. The second kappa shape index (κ2) is 15.1. The molecular weight excluding hydrogens is 911 g/mol. The van der Waals surface area contributed by atoms with Gasteiger partial charge in [-0.15, -0.1) is 0 Å². The maximum Gasteiger partial charge on any atom is 0.144 e. The number of furan rings is 2. The molecule has 0 spiro atoms. The van der Waals surface area contributed by atoms with Crippen molar-refractivity contribution in [2.24, 2.45) is 0 Å². The lowest BCUT2D eigenvalue weighted by molar-refractivity contribution is 0.600. The van der Waals surface area contributed by atoms with E-state index in [2.05, 4.69) is 249 Å². The van der Waals surface area contributed by atoms with Crippen LogP contribution in [0.15, 0.2) is 191 Å². The molecule has 0 bridgehead atoms. The summed E-state index contributed by atoms with van der Waals surface area (Å²) in [5.74, 6) is 0. The molecule has 3 aliphatic rings. The number of hydrogen-bond acceptors (Lipinski definition) is 3. The van der Waals surface area contributed by atoms with Gasteiger partial charge in [-0.1, -0.05) is 174 Å². The minimum Gasteiger partial charge on any atom is -0.455 e. The van der Waals surface area contributed by atoms with Crippen molar-refractivity contribution in [3.05, 3.63) is 232 Å². The highest BCUT2D eigenvalue weighted by Gasteiger charge is 2.49. The van der Waals surface area contributed by atoms with Gasteiger partial charge in [-0.2, -0.15) is 0 Å². The van der Waals surface area contributed by atoms with Crippen LogP contribution in [-0.4, -0.2) is 0 Å². The minimum atomic E-state index is -0.342. The monoisotopic (exact) mass is 967 g/mol. The zero-order valence-electron chi connectivity index (χ0n) is 44.1. The van der Waals surface area contributed by atoms with Gasteiger partial charge < -0.3 is 13.7 Å². The van der Waals surface area contributed by atoms with Gasteiger partial charge in [-0.25, -0.2) is 0 Å². The first-order valence-corrected chi connectivity index (χ1v) is 26.7. The molecule has 0 saturated heterocycles. The largest absolute Gasteiger partial charge is 0.455 e. The number of fused-ring (bicyclic) bond motifs is 19. The molecule has 2 heterocycles. The molecule has 0 N–H and O–H groups in total. The lowest BCUT2D eigenvalue weighted by Crippen LogP contribution is -2.24. The number of para-hydroxylation sites is 2. The first-order chi connectivity index (χ1) is 36.2. The normalized spacial score (nSPS) is 15.1. The van der Waals surface area contributed by atoms with Gasteiger partial charge in [0.05, 0.1) is 0 Å². The van der Waals surface area contributed by atoms with Gasteiger partial charge in [0.2, 0.25) is 0 Å². The highest BCUT2D eigenvalue weighted by atomic mass is 16.3. The molecule has 2 aromatic heterocycles. The molecule has 15 rings (SSSR count). The first kappa shape index (κ1) is 44.1. The van der Waals surface area contributed by atoms with Crippen molar-refractivity contribution in [2.45, 2.75) is 78.6 Å². The van der Waals surface area contributed by atoms with E-state index in [4.69, 9.17) is 8.83 Å². The summed E-state index contributed by atoms with van der Waals surface area (Å²) in [7, 11) is 0. The molecule has 0 unspecified atom stereocenters. The van der Waals surface area contributed by atoms with E-state index < -0.39 is 0 Å². The maximum absolute atomic E-state index is 7.02. The highest BCUT2D eigenvalue weighted by molar-refractivity contribution is 6.21. The van der Waals surface area contributed by atoms with E-state index in [1.807, 2.05) is 0 Å². The van der Waals surface area contributed by atoms with Crippen LogP contribution >= 0.6 is 0 Å². The number of hydrogen-bond donors (Lipinski definition) is 0. The van der Waals surface area contributed by atoms with E-state index in [1.54, 1.807) is 0 Å². The Morgan fingerprint density at radius 1 is 0.347 bits per heavy atom. The SMILES string of the molecule is Cc1cc(C)c(-c2cc3c(c4c2oc2ccccc24)-c2ccc(N(c4ccc(-c5ccccc5)cc4)c4ccc5c(c4)C(C)(C)c4c6c(c7oc8ccccc8c7c4-5)-c4ccccc4C6(C)C)cc2C3(C)C)c(C)c1. The van der Waals surface area contributed by atoms with Crippen molar-refractivity contribution in [2.75, 3.05) is 4.90 Å². The Hall–Kier alpha value is -8.40. The van der Waals surface area contributed by atoms with Gasteiger partial charge in [-0.05, 0) is 164 Å². The van der Waals surface area contributed by atoms with Crippen LogP contribution in [0.25, 0.3) is 99.5 Å². The maximum atomic E-state index is 7.02. The topological polar surface area (TPSA) is 29.5 Å². The Kier molecular flexibility index (Phi) is 8.89. The quantitative estimate of drug-likeness (QED) is 0.172. The third-order valence-electron chi connectivity index (χ3n) is 17.9. The van der Waals surface area contributed by atoms with Gasteiger partial charge in [0.1, 0.15) is 22.3 Å². The molecule has 75 heavy (non-hydrogen) atoms. The van der Waals surface area contributed by atoms with Crippen molar-refractivity contribution >= 4 is 60.9 Å². The van der Waals surface area contributed by atoms with E-state index in [9.17, 15) is 0 Å². The zero-order chi connectivity index (χ0) is 51.0. The summed E-state index contributed by atoms with van der Waals surface area (Å²) in [6.07, 6.45) is 0. The Bertz CT molecular complexity index is 4440. The van der Waals surface area contributed by atoms with E-state index in [1.165, 1.54) is 116 Å². The fraction of sp³-hybridized carbons (Fsp3) is 0.167.